The molecule has 6 nitrogen and oxygen atoms in total. The smallest absolute Gasteiger partial charge is 0.299 e. The molecule has 0 saturated heterocycles. The van der Waals surface area contributed by atoms with Crippen LogP contribution in [0.15, 0.2) is 0 Å². The minimum Gasteiger partial charge on any atom is -0.383 e. The van der Waals surface area contributed by atoms with Gasteiger partial charge in [-0.25, -0.2) is 0 Å². The molecule has 0 aliphatic rings. The van der Waals surface area contributed by atoms with Gasteiger partial charge in [-0.1, -0.05) is 18.7 Å². The SMILES string of the molecule is COCCNS(=O)(=O)NOCC(C)C. The molecular weight excluding hydrogens is 208 g/mol. The number of hydrogen-bond acceptors (Lipinski definition) is 4. The minimum atomic E-state index is -3.55. The van der Waals surface area contributed by atoms with Crippen LogP contribution in [0.25, 0.3) is 0 Å². The predicted molar refractivity (Wildman–Crippen MR) is 52.7 cm³/mol. The molecule has 0 saturated carbocycles. The van der Waals surface area contributed by atoms with Crippen molar-refractivity contribution in [1.29, 1.82) is 0 Å². The molecule has 0 fully saturated rings. The van der Waals surface area contributed by atoms with Gasteiger partial charge in [-0.3, -0.25) is 4.84 Å². The van der Waals surface area contributed by atoms with Crippen LogP contribution in [-0.4, -0.2) is 35.3 Å². The molecule has 0 aromatic rings. The van der Waals surface area contributed by atoms with Gasteiger partial charge in [-0.15, -0.1) is 0 Å². The van der Waals surface area contributed by atoms with Gasteiger partial charge >= 0.3 is 0 Å². The summed E-state index contributed by atoms with van der Waals surface area (Å²) in [5.41, 5.74) is 0. The quantitative estimate of drug-likeness (QED) is 0.438. The van der Waals surface area contributed by atoms with Crippen LogP contribution < -0.4 is 9.61 Å². The Morgan fingerprint density at radius 3 is 2.50 bits per heavy atom. The number of rotatable bonds is 8. The Morgan fingerprint density at radius 2 is 2.00 bits per heavy atom. The molecule has 0 unspecified atom stereocenters. The van der Waals surface area contributed by atoms with Crippen LogP contribution in [0.5, 0.6) is 0 Å². The van der Waals surface area contributed by atoms with Gasteiger partial charge in [0.1, 0.15) is 0 Å². The molecule has 0 rings (SSSR count). The fraction of sp³-hybridized carbons (Fsp3) is 1.00. The Bertz CT molecular complexity index is 228. The molecule has 0 aliphatic carbocycles. The van der Waals surface area contributed by atoms with E-state index in [-0.39, 0.29) is 12.5 Å². The number of ether oxygens (including phenoxy) is 1. The van der Waals surface area contributed by atoms with E-state index in [4.69, 9.17) is 4.84 Å². The molecule has 14 heavy (non-hydrogen) atoms. The maximum atomic E-state index is 11.1. The zero-order valence-electron chi connectivity index (χ0n) is 8.74. The number of hydrogen-bond donors (Lipinski definition) is 2. The predicted octanol–water partition coefficient (Wildman–Crippen LogP) is -0.356. The number of methoxy groups -OCH3 is 1. The third kappa shape index (κ3) is 8.39. The normalized spacial score (nSPS) is 12.3. The molecule has 0 aromatic heterocycles. The largest absolute Gasteiger partial charge is 0.383 e. The van der Waals surface area contributed by atoms with E-state index in [0.29, 0.717) is 13.2 Å². The maximum Gasteiger partial charge on any atom is 0.299 e. The molecule has 0 atom stereocenters. The molecule has 0 spiro atoms. The van der Waals surface area contributed by atoms with Crippen molar-refractivity contribution >= 4 is 10.2 Å². The second-order valence-corrected chi connectivity index (χ2v) is 4.64. The van der Waals surface area contributed by atoms with Crippen LogP contribution in [0.1, 0.15) is 13.8 Å². The third-order valence-electron chi connectivity index (χ3n) is 1.18. The molecule has 0 amide bonds. The summed E-state index contributed by atoms with van der Waals surface area (Å²) in [7, 11) is -2.05. The first kappa shape index (κ1) is 13.8. The fourth-order valence-electron chi connectivity index (χ4n) is 0.586. The highest BCUT2D eigenvalue weighted by Gasteiger charge is 2.08. The molecule has 0 bridgehead atoms. The van der Waals surface area contributed by atoms with E-state index < -0.39 is 10.2 Å². The van der Waals surface area contributed by atoms with Crippen LogP contribution in [-0.2, 0) is 19.8 Å². The van der Waals surface area contributed by atoms with E-state index in [2.05, 4.69) is 9.46 Å². The molecule has 0 aromatic carbocycles. The topological polar surface area (TPSA) is 76.7 Å². The summed E-state index contributed by atoms with van der Waals surface area (Å²) in [6, 6.07) is 0. The lowest BCUT2D eigenvalue weighted by atomic mass is 10.2. The lowest BCUT2D eigenvalue weighted by molar-refractivity contribution is 0.0708. The second kappa shape index (κ2) is 7.13. The average Bonchev–Trinajstić information content (AvgIpc) is 2.03. The maximum absolute atomic E-state index is 11.1. The Labute approximate surface area is 85.1 Å². The van der Waals surface area contributed by atoms with Crippen molar-refractivity contribution in [2.45, 2.75) is 13.8 Å². The molecule has 86 valence electrons. The van der Waals surface area contributed by atoms with E-state index >= 15 is 0 Å². The Morgan fingerprint density at radius 1 is 1.36 bits per heavy atom. The monoisotopic (exact) mass is 226 g/mol. The molecule has 0 heterocycles. The summed E-state index contributed by atoms with van der Waals surface area (Å²) in [5.74, 6) is 0.275. The van der Waals surface area contributed by atoms with Crippen LogP contribution in [0.3, 0.4) is 0 Å². The van der Waals surface area contributed by atoms with Gasteiger partial charge in [0.25, 0.3) is 10.2 Å². The highest BCUT2D eigenvalue weighted by molar-refractivity contribution is 7.87. The van der Waals surface area contributed by atoms with Crippen molar-refractivity contribution in [3.8, 4) is 0 Å². The zero-order valence-corrected chi connectivity index (χ0v) is 9.56. The van der Waals surface area contributed by atoms with Crippen LogP contribution >= 0.6 is 0 Å². The van der Waals surface area contributed by atoms with E-state index in [1.807, 2.05) is 18.7 Å². The van der Waals surface area contributed by atoms with Gasteiger partial charge in [-0.05, 0) is 5.92 Å². The van der Waals surface area contributed by atoms with Gasteiger partial charge in [0, 0.05) is 13.7 Å². The Kier molecular flexibility index (Phi) is 7.02. The molecule has 2 N–H and O–H groups in total. The van der Waals surface area contributed by atoms with Crippen molar-refractivity contribution in [1.82, 2.24) is 9.61 Å². The van der Waals surface area contributed by atoms with Gasteiger partial charge in [0.2, 0.25) is 0 Å². The molecule has 0 radical (unpaired) electrons. The van der Waals surface area contributed by atoms with Gasteiger partial charge in [-0.2, -0.15) is 13.1 Å². The molecule has 7 heteroatoms. The lowest BCUT2D eigenvalue weighted by Gasteiger charge is -2.09. The summed E-state index contributed by atoms with van der Waals surface area (Å²) in [5, 5.41) is 0. The first-order valence-electron chi connectivity index (χ1n) is 4.35. The number of nitrogens with one attached hydrogen (secondary N) is 2. The second-order valence-electron chi connectivity index (χ2n) is 3.18. The van der Waals surface area contributed by atoms with Crippen LogP contribution in [0.4, 0.5) is 0 Å². The minimum absolute atomic E-state index is 0.219. The van der Waals surface area contributed by atoms with Crippen molar-refractivity contribution in [3.63, 3.8) is 0 Å². The zero-order chi connectivity index (χ0) is 11.0. The summed E-state index contributed by atoms with van der Waals surface area (Å²) in [6.07, 6.45) is 0. The van der Waals surface area contributed by atoms with E-state index in [0.717, 1.165) is 0 Å². The van der Waals surface area contributed by atoms with E-state index in [1.54, 1.807) is 0 Å². The first-order chi connectivity index (χ1) is 6.48. The van der Waals surface area contributed by atoms with Gasteiger partial charge in [0.05, 0.1) is 13.2 Å². The summed E-state index contributed by atoms with van der Waals surface area (Å²) < 4.78 is 29.1. The van der Waals surface area contributed by atoms with Crippen molar-refractivity contribution in [2.75, 3.05) is 26.9 Å². The van der Waals surface area contributed by atoms with Crippen molar-refractivity contribution in [2.24, 2.45) is 5.92 Å². The van der Waals surface area contributed by atoms with E-state index in [1.165, 1.54) is 7.11 Å². The molecule has 0 aliphatic heterocycles. The van der Waals surface area contributed by atoms with Crippen molar-refractivity contribution < 1.29 is 18.0 Å². The first-order valence-corrected chi connectivity index (χ1v) is 5.83. The van der Waals surface area contributed by atoms with Gasteiger partial charge < -0.3 is 4.74 Å². The summed E-state index contributed by atoms with van der Waals surface area (Å²) in [6.45, 7) is 4.73. The van der Waals surface area contributed by atoms with Crippen LogP contribution in [0.2, 0.25) is 0 Å². The van der Waals surface area contributed by atoms with Gasteiger partial charge in [0.15, 0.2) is 0 Å². The van der Waals surface area contributed by atoms with Crippen LogP contribution in [0, 0.1) is 5.92 Å². The van der Waals surface area contributed by atoms with E-state index in [9.17, 15) is 8.42 Å². The summed E-state index contributed by atoms with van der Waals surface area (Å²) >= 11 is 0. The highest BCUT2D eigenvalue weighted by atomic mass is 32.2. The Hall–Kier alpha value is -0.210. The third-order valence-corrected chi connectivity index (χ3v) is 2.10. The Balaban J connectivity index is 3.62. The lowest BCUT2D eigenvalue weighted by Crippen LogP contribution is -2.38. The fourth-order valence-corrected chi connectivity index (χ4v) is 1.22. The summed E-state index contributed by atoms with van der Waals surface area (Å²) in [4.78, 5) is 6.70. The van der Waals surface area contributed by atoms with Crippen molar-refractivity contribution in [3.05, 3.63) is 0 Å². The molecular formula is C7H18N2O4S. The standard InChI is InChI=1S/C7H18N2O4S/c1-7(2)6-13-9-14(10,11)8-4-5-12-3/h7-9H,4-6H2,1-3H3. The average molecular weight is 226 g/mol. The highest BCUT2D eigenvalue weighted by Crippen LogP contribution is 1.90.